The van der Waals surface area contributed by atoms with Gasteiger partial charge in [-0.15, -0.1) is 0 Å². The predicted molar refractivity (Wildman–Crippen MR) is 71.4 cm³/mol. The lowest BCUT2D eigenvalue weighted by Crippen LogP contribution is -2.36. The normalized spacial score (nSPS) is 17.6. The number of nitro groups is 1. The molecule has 1 aliphatic rings. The summed E-state index contributed by atoms with van der Waals surface area (Å²) in [6.07, 6.45) is 1.87. The van der Waals surface area contributed by atoms with Gasteiger partial charge in [0, 0.05) is 6.54 Å². The van der Waals surface area contributed by atoms with Crippen LogP contribution >= 0.6 is 0 Å². The zero-order chi connectivity index (χ0) is 15.6. The van der Waals surface area contributed by atoms with Crippen molar-refractivity contribution >= 4 is 17.9 Å². The van der Waals surface area contributed by atoms with Crippen molar-refractivity contribution in [3.63, 3.8) is 0 Å². The average molecular weight is 294 g/mol. The van der Waals surface area contributed by atoms with Crippen LogP contribution in [0.2, 0.25) is 0 Å². The molecule has 2 rings (SSSR count). The van der Waals surface area contributed by atoms with E-state index in [0.29, 0.717) is 25.7 Å². The van der Waals surface area contributed by atoms with E-state index in [4.69, 9.17) is 4.74 Å². The van der Waals surface area contributed by atoms with E-state index in [1.54, 1.807) is 0 Å². The first kappa shape index (κ1) is 14.8. The molecule has 1 N–H and O–H groups in total. The van der Waals surface area contributed by atoms with Gasteiger partial charge in [-0.1, -0.05) is 0 Å². The van der Waals surface area contributed by atoms with Crippen LogP contribution in [-0.2, 0) is 4.79 Å². The molecule has 0 spiro atoms. The highest BCUT2D eigenvalue weighted by Gasteiger charge is 2.35. The number of benzene rings is 1. The Morgan fingerprint density at radius 2 is 2.29 bits per heavy atom. The van der Waals surface area contributed by atoms with Gasteiger partial charge in [0.15, 0.2) is 5.75 Å². The highest BCUT2D eigenvalue weighted by molar-refractivity contribution is 6.01. The fourth-order valence-electron chi connectivity index (χ4n) is 2.46. The molecule has 0 bridgehead atoms. The molecule has 0 aromatic heterocycles. The van der Waals surface area contributed by atoms with Crippen molar-refractivity contribution in [3.8, 4) is 11.5 Å². The number of methoxy groups -OCH3 is 1. The molecule has 1 amide bonds. The maximum Gasteiger partial charge on any atom is 0.327 e. The number of hydrogen-bond donors (Lipinski definition) is 1. The van der Waals surface area contributed by atoms with Crippen LogP contribution in [0.5, 0.6) is 11.5 Å². The van der Waals surface area contributed by atoms with Crippen molar-refractivity contribution in [2.75, 3.05) is 13.7 Å². The number of aldehydes is 1. The number of rotatable bonds is 4. The van der Waals surface area contributed by atoms with E-state index in [-0.39, 0.29) is 11.3 Å². The first-order valence-corrected chi connectivity index (χ1v) is 6.31. The van der Waals surface area contributed by atoms with Gasteiger partial charge in [0.25, 0.3) is 5.91 Å². The molecule has 1 aliphatic heterocycles. The van der Waals surface area contributed by atoms with Gasteiger partial charge in [-0.05, 0) is 25.0 Å². The number of hydrogen-bond acceptors (Lipinski definition) is 6. The van der Waals surface area contributed by atoms with Crippen LogP contribution in [0.4, 0.5) is 5.69 Å². The van der Waals surface area contributed by atoms with Crippen molar-refractivity contribution in [2.24, 2.45) is 0 Å². The Labute approximate surface area is 120 Å². The Morgan fingerprint density at radius 3 is 2.86 bits per heavy atom. The minimum Gasteiger partial charge on any atom is -0.504 e. The zero-order valence-corrected chi connectivity index (χ0v) is 11.3. The standard InChI is InChI=1S/C13H14N2O6/c1-21-12-10(17)5-4-9(11(12)15(19)20)13(18)14-6-2-3-8(14)7-16/h4-5,7-8,17H,2-3,6H2,1H3/t8-/m0/s1. The van der Waals surface area contributed by atoms with Crippen LogP contribution in [0.15, 0.2) is 12.1 Å². The highest BCUT2D eigenvalue weighted by atomic mass is 16.6. The van der Waals surface area contributed by atoms with Gasteiger partial charge in [0.2, 0.25) is 5.75 Å². The summed E-state index contributed by atoms with van der Waals surface area (Å²) in [5.41, 5.74) is -0.803. The molecule has 1 atom stereocenters. The molecule has 112 valence electrons. The van der Waals surface area contributed by atoms with Crippen LogP contribution < -0.4 is 4.74 Å². The van der Waals surface area contributed by atoms with E-state index in [1.807, 2.05) is 0 Å². The third-order valence-corrected chi connectivity index (χ3v) is 3.44. The van der Waals surface area contributed by atoms with Crippen molar-refractivity contribution in [3.05, 3.63) is 27.8 Å². The Morgan fingerprint density at radius 1 is 1.57 bits per heavy atom. The molecule has 8 heteroatoms. The van der Waals surface area contributed by atoms with E-state index in [1.165, 1.54) is 18.1 Å². The van der Waals surface area contributed by atoms with Crippen molar-refractivity contribution in [1.82, 2.24) is 4.90 Å². The van der Waals surface area contributed by atoms with Gasteiger partial charge < -0.3 is 19.5 Å². The average Bonchev–Trinajstić information content (AvgIpc) is 2.94. The van der Waals surface area contributed by atoms with Gasteiger partial charge in [-0.3, -0.25) is 14.9 Å². The Bertz CT molecular complexity index is 601. The van der Waals surface area contributed by atoms with Gasteiger partial charge in [-0.25, -0.2) is 0 Å². The minimum absolute atomic E-state index is 0.205. The van der Waals surface area contributed by atoms with Crippen molar-refractivity contribution in [2.45, 2.75) is 18.9 Å². The summed E-state index contributed by atoms with van der Waals surface area (Å²) in [6.45, 7) is 0.364. The molecule has 1 heterocycles. The number of likely N-dealkylation sites (tertiary alicyclic amines) is 1. The second-order valence-electron chi connectivity index (χ2n) is 4.62. The summed E-state index contributed by atoms with van der Waals surface area (Å²) in [6, 6.07) is 1.75. The molecule has 1 fully saturated rings. The summed E-state index contributed by atoms with van der Waals surface area (Å²) in [4.78, 5) is 35.1. The second-order valence-corrected chi connectivity index (χ2v) is 4.62. The van der Waals surface area contributed by atoms with Crippen molar-refractivity contribution in [1.29, 1.82) is 0 Å². The molecule has 0 aliphatic carbocycles. The fraction of sp³-hybridized carbons (Fsp3) is 0.385. The zero-order valence-electron chi connectivity index (χ0n) is 11.3. The minimum atomic E-state index is -0.780. The number of nitro benzene ring substituents is 1. The monoisotopic (exact) mass is 294 g/mol. The first-order chi connectivity index (χ1) is 10.0. The lowest BCUT2D eigenvalue weighted by Gasteiger charge is -2.20. The van der Waals surface area contributed by atoms with Crippen molar-refractivity contribution < 1.29 is 24.4 Å². The highest BCUT2D eigenvalue weighted by Crippen LogP contribution is 2.39. The van der Waals surface area contributed by atoms with E-state index in [2.05, 4.69) is 0 Å². The van der Waals surface area contributed by atoms with Gasteiger partial charge in [0.05, 0.1) is 18.1 Å². The summed E-state index contributed by atoms with van der Waals surface area (Å²) in [5, 5.41) is 20.8. The number of nitrogens with zero attached hydrogens (tertiary/aromatic N) is 2. The van der Waals surface area contributed by atoms with Crippen LogP contribution in [0.1, 0.15) is 23.2 Å². The largest absolute Gasteiger partial charge is 0.504 e. The molecule has 1 aromatic rings. The molecule has 0 radical (unpaired) electrons. The third kappa shape index (κ3) is 2.51. The Hall–Kier alpha value is -2.64. The molecular weight excluding hydrogens is 280 g/mol. The van der Waals surface area contributed by atoms with Gasteiger partial charge in [-0.2, -0.15) is 0 Å². The van der Waals surface area contributed by atoms with Crippen LogP contribution in [0.3, 0.4) is 0 Å². The fourth-order valence-corrected chi connectivity index (χ4v) is 2.46. The van der Waals surface area contributed by atoms with Crippen LogP contribution in [0.25, 0.3) is 0 Å². The number of carbonyl (C=O) groups is 2. The lowest BCUT2D eigenvalue weighted by molar-refractivity contribution is -0.386. The summed E-state index contributed by atoms with van der Waals surface area (Å²) in [7, 11) is 1.17. The summed E-state index contributed by atoms with van der Waals surface area (Å²) >= 11 is 0. The number of ether oxygens (including phenoxy) is 1. The molecule has 1 aromatic carbocycles. The lowest BCUT2D eigenvalue weighted by atomic mass is 10.1. The number of aromatic hydroxyl groups is 1. The molecule has 1 saturated heterocycles. The van der Waals surface area contributed by atoms with Crippen LogP contribution in [0, 0.1) is 10.1 Å². The second kappa shape index (κ2) is 5.78. The quantitative estimate of drug-likeness (QED) is 0.506. The Kier molecular flexibility index (Phi) is 4.06. The van der Waals surface area contributed by atoms with Gasteiger partial charge in [0.1, 0.15) is 11.8 Å². The van der Waals surface area contributed by atoms with E-state index < -0.39 is 28.3 Å². The molecule has 8 nitrogen and oxygen atoms in total. The smallest absolute Gasteiger partial charge is 0.327 e. The number of carbonyl (C=O) groups excluding carboxylic acids is 2. The van der Waals surface area contributed by atoms with Gasteiger partial charge >= 0.3 is 5.69 Å². The molecular formula is C13H14N2O6. The predicted octanol–water partition coefficient (Wildman–Crippen LogP) is 1.11. The maximum atomic E-state index is 12.4. The molecule has 0 saturated carbocycles. The van der Waals surface area contributed by atoms with E-state index in [0.717, 1.165) is 6.07 Å². The maximum absolute atomic E-state index is 12.4. The SMILES string of the molecule is COc1c(O)ccc(C(=O)N2CCC[C@H]2C=O)c1[N+](=O)[O-]. The topological polar surface area (TPSA) is 110 Å². The van der Waals surface area contributed by atoms with E-state index >= 15 is 0 Å². The Balaban J connectivity index is 2.51. The summed E-state index contributed by atoms with van der Waals surface area (Å²) in [5.74, 6) is -1.41. The number of phenolic OH excluding ortho intramolecular Hbond substituents is 1. The third-order valence-electron chi connectivity index (χ3n) is 3.44. The number of phenols is 1. The number of amides is 1. The van der Waals surface area contributed by atoms with E-state index in [9.17, 15) is 24.8 Å². The first-order valence-electron chi connectivity index (χ1n) is 6.31. The van der Waals surface area contributed by atoms with Crippen LogP contribution in [-0.4, -0.2) is 46.8 Å². The molecule has 0 unspecified atom stereocenters. The molecule has 21 heavy (non-hydrogen) atoms. The summed E-state index contributed by atoms with van der Waals surface area (Å²) < 4.78 is 4.81.